The first kappa shape index (κ1) is 21.5. The molecule has 1 aliphatic rings. The maximum absolute atomic E-state index is 12.1. The maximum atomic E-state index is 12.1. The van der Waals surface area contributed by atoms with Crippen LogP contribution in [-0.2, 0) is 11.2 Å². The van der Waals surface area contributed by atoms with Crippen LogP contribution in [0.25, 0.3) is 10.9 Å². The van der Waals surface area contributed by atoms with E-state index in [1.165, 1.54) is 6.20 Å². The lowest BCUT2D eigenvalue weighted by atomic mass is 10.1. The summed E-state index contributed by atoms with van der Waals surface area (Å²) in [6, 6.07) is 15.1. The summed E-state index contributed by atoms with van der Waals surface area (Å²) >= 11 is 0. The molecule has 0 spiro atoms. The fraction of sp³-hybridized carbons (Fsp3) is 0.208. The molecule has 3 aromatic rings. The molecule has 162 valence electrons. The van der Waals surface area contributed by atoms with E-state index in [-0.39, 0.29) is 11.7 Å². The summed E-state index contributed by atoms with van der Waals surface area (Å²) in [4.78, 5) is 21.0. The van der Waals surface area contributed by atoms with Crippen LogP contribution < -0.4 is 10.1 Å². The smallest absolute Gasteiger partial charge is 0.235 e. The minimum Gasteiger partial charge on any atom is -0.508 e. The zero-order valence-corrected chi connectivity index (χ0v) is 18.4. The largest absolute Gasteiger partial charge is 0.508 e. The van der Waals surface area contributed by atoms with Gasteiger partial charge in [-0.2, -0.15) is 5.26 Å². The molecule has 1 fully saturated rings. The Hall–Kier alpha value is -3.70. The van der Waals surface area contributed by atoms with Gasteiger partial charge in [0.15, 0.2) is 5.17 Å². The number of rotatable bonds is 6. The molecule has 0 saturated carbocycles. The Bertz CT molecular complexity index is 1290. The number of aromatic nitrogens is 1. The third-order valence-electron chi connectivity index (χ3n) is 4.94. The number of nitrogens with zero attached hydrogens (tertiary/aromatic N) is 3. The highest BCUT2D eigenvalue weighted by Crippen LogP contribution is 2.30. The number of nitriles is 1. The van der Waals surface area contributed by atoms with Crippen LogP contribution >= 0.6 is 10.5 Å². The molecule has 1 aliphatic heterocycles. The number of ether oxygens (including phenoxy) is 1. The summed E-state index contributed by atoms with van der Waals surface area (Å²) in [6.07, 6.45) is 2.10. The van der Waals surface area contributed by atoms with Crippen molar-refractivity contribution >= 4 is 37.8 Å². The van der Waals surface area contributed by atoms with Crippen molar-refractivity contribution in [2.45, 2.75) is 13.3 Å². The first-order valence-corrected chi connectivity index (χ1v) is 11.7. The van der Waals surface area contributed by atoms with Crippen molar-refractivity contribution in [3.63, 3.8) is 0 Å². The van der Waals surface area contributed by atoms with E-state index in [1.807, 2.05) is 42.6 Å². The van der Waals surface area contributed by atoms with Gasteiger partial charge in [-0.25, -0.2) is 0 Å². The van der Waals surface area contributed by atoms with Crippen LogP contribution in [0, 0.1) is 11.3 Å². The first-order valence-electron chi connectivity index (χ1n) is 10.2. The quantitative estimate of drug-likeness (QED) is 0.565. The molecule has 32 heavy (non-hydrogen) atoms. The van der Waals surface area contributed by atoms with E-state index in [9.17, 15) is 15.2 Å². The number of carbonyl (C=O) groups excluding carboxylic acids is 1. The summed E-state index contributed by atoms with van der Waals surface area (Å²) in [7, 11) is -0.494. The molecular formula is C24H22N4O3S. The normalized spacial score (nSPS) is 16.9. The van der Waals surface area contributed by atoms with E-state index in [0.717, 1.165) is 22.0 Å². The van der Waals surface area contributed by atoms with Gasteiger partial charge in [0, 0.05) is 18.1 Å². The topological polar surface area (TPSA) is 108 Å². The van der Waals surface area contributed by atoms with Crippen LogP contribution in [0.1, 0.15) is 23.6 Å². The van der Waals surface area contributed by atoms with Crippen molar-refractivity contribution in [3.05, 3.63) is 65.4 Å². The molecule has 1 amide bonds. The predicted molar refractivity (Wildman–Crippen MR) is 128 cm³/mol. The van der Waals surface area contributed by atoms with E-state index in [0.29, 0.717) is 41.8 Å². The van der Waals surface area contributed by atoms with Gasteiger partial charge in [-0.05, 0) is 48.0 Å². The zero-order chi connectivity index (χ0) is 22.5. The second-order valence-electron chi connectivity index (χ2n) is 7.13. The summed E-state index contributed by atoms with van der Waals surface area (Å²) in [5.74, 6) is 1.06. The summed E-state index contributed by atoms with van der Waals surface area (Å²) < 4.78 is 5.72. The molecule has 8 heteroatoms. The maximum Gasteiger partial charge on any atom is 0.235 e. The third-order valence-corrected chi connectivity index (χ3v) is 6.80. The van der Waals surface area contributed by atoms with Crippen molar-refractivity contribution in [2.24, 2.45) is 4.99 Å². The van der Waals surface area contributed by atoms with E-state index in [4.69, 9.17) is 4.74 Å². The number of pyridine rings is 1. The summed E-state index contributed by atoms with van der Waals surface area (Å²) in [5.41, 5.74) is 2.86. The molecule has 1 atom stereocenters. The van der Waals surface area contributed by atoms with Crippen molar-refractivity contribution in [1.82, 2.24) is 10.3 Å². The zero-order valence-electron chi connectivity index (χ0n) is 17.5. The van der Waals surface area contributed by atoms with Crippen LogP contribution in [0.4, 0.5) is 0 Å². The summed E-state index contributed by atoms with van der Waals surface area (Å²) in [6.45, 7) is 2.78. The number of fused-ring (bicyclic) bond motifs is 1. The van der Waals surface area contributed by atoms with Gasteiger partial charge in [-0.1, -0.05) is 24.3 Å². The fourth-order valence-electron chi connectivity index (χ4n) is 3.45. The molecule has 2 aromatic carbocycles. The number of phenolic OH excluding ortho intramolecular Hbond substituents is 1. The lowest BCUT2D eigenvalue weighted by Gasteiger charge is -2.10. The molecule has 2 heterocycles. The monoisotopic (exact) mass is 446 g/mol. The number of amidine groups is 1. The fourth-order valence-corrected chi connectivity index (χ4v) is 5.12. The highest BCUT2D eigenvalue weighted by atomic mass is 32.2. The number of aromatic hydroxyl groups is 1. The van der Waals surface area contributed by atoms with Crippen LogP contribution in [0.2, 0.25) is 0 Å². The summed E-state index contributed by atoms with van der Waals surface area (Å²) in [5, 5.41) is 25.6. The number of nitrogens with one attached hydrogen (secondary N) is 1. The number of aliphatic imine (C=N–C) groups is 1. The Balaban J connectivity index is 1.63. The number of phenols is 1. The number of carbonyl (C=O) groups is 1. The van der Waals surface area contributed by atoms with Crippen molar-refractivity contribution in [2.75, 3.05) is 18.9 Å². The van der Waals surface area contributed by atoms with Gasteiger partial charge >= 0.3 is 0 Å². The van der Waals surface area contributed by atoms with Crippen molar-refractivity contribution in [1.29, 1.82) is 5.26 Å². The number of hydrogen-bond acceptors (Lipinski definition) is 6. The Kier molecular flexibility index (Phi) is 6.47. The third kappa shape index (κ3) is 4.63. The van der Waals surface area contributed by atoms with Gasteiger partial charge in [0.25, 0.3) is 0 Å². The molecule has 1 saturated heterocycles. The molecule has 0 aliphatic carbocycles. The van der Waals surface area contributed by atoms with E-state index >= 15 is 0 Å². The second-order valence-corrected chi connectivity index (χ2v) is 8.90. The van der Waals surface area contributed by atoms with E-state index in [2.05, 4.69) is 21.4 Å². The standard InChI is InChI=1S/C24H22N4O3S/c1-2-31-23-18(12-25)13-27-20-8-7-16(11-19(20)23)14-32-15-22(30)28-24(32)26-10-9-17-5-3-4-6-21(17)29/h3-8,11,13-14,29H,2,9-10,15H2,1H3,(H,26,28,30). The van der Waals surface area contributed by atoms with Gasteiger partial charge in [0.1, 0.15) is 23.1 Å². The molecule has 1 unspecified atom stereocenters. The average molecular weight is 447 g/mol. The van der Waals surface area contributed by atoms with Crippen molar-refractivity contribution < 1.29 is 14.6 Å². The van der Waals surface area contributed by atoms with Gasteiger partial charge in [0.2, 0.25) is 5.91 Å². The highest BCUT2D eigenvalue weighted by molar-refractivity contribution is 8.29. The van der Waals surface area contributed by atoms with Crippen molar-refractivity contribution in [3.8, 4) is 17.6 Å². The lowest BCUT2D eigenvalue weighted by molar-refractivity contribution is -0.116. The second kappa shape index (κ2) is 9.62. The molecule has 0 radical (unpaired) electrons. The Morgan fingerprint density at radius 1 is 1.34 bits per heavy atom. The Morgan fingerprint density at radius 2 is 2.19 bits per heavy atom. The van der Waals surface area contributed by atoms with E-state index in [1.54, 1.807) is 12.1 Å². The lowest BCUT2D eigenvalue weighted by Crippen LogP contribution is -2.20. The van der Waals surface area contributed by atoms with Crippen LogP contribution in [0.3, 0.4) is 0 Å². The van der Waals surface area contributed by atoms with Gasteiger partial charge in [0.05, 0.1) is 17.9 Å². The number of amides is 1. The minimum absolute atomic E-state index is 0.0601. The Morgan fingerprint density at radius 3 is 2.97 bits per heavy atom. The average Bonchev–Trinajstić information content (AvgIpc) is 3.14. The van der Waals surface area contributed by atoms with Gasteiger partial charge in [-0.3, -0.25) is 14.8 Å². The molecule has 0 bridgehead atoms. The first-order chi connectivity index (χ1) is 15.6. The van der Waals surface area contributed by atoms with Crippen LogP contribution in [-0.4, -0.2) is 45.4 Å². The number of benzene rings is 2. The van der Waals surface area contributed by atoms with E-state index < -0.39 is 10.5 Å². The van der Waals surface area contributed by atoms with Gasteiger partial charge < -0.3 is 15.2 Å². The SMILES string of the molecule is CCOc1c(C#N)cnc2ccc(C=S3CC(=O)NC3=NCCc3ccccc3O)cc12. The number of hydrogen-bond donors (Lipinski definition) is 2. The minimum atomic E-state index is -0.494. The molecule has 1 aromatic heterocycles. The van der Waals surface area contributed by atoms with Gasteiger partial charge in [-0.15, -0.1) is 10.5 Å². The molecule has 7 nitrogen and oxygen atoms in total. The molecular weight excluding hydrogens is 424 g/mol. The van der Waals surface area contributed by atoms with Crippen LogP contribution in [0.5, 0.6) is 11.5 Å². The molecule has 2 N–H and O–H groups in total. The Labute approximate surface area is 188 Å². The molecule has 4 rings (SSSR count). The van der Waals surface area contributed by atoms with Crippen LogP contribution in [0.15, 0.2) is 53.7 Å². The number of para-hydroxylation sites is 1. The highest BCUT2D eigenvalue weighted by Gasteiger charge is 2.21. The predicted octanol–water partition coefficient (Wildman–Crippen LogP) is 3.36.